The second kappa shape index (κ2) is 6.99. The van der Waals surface area contributed by atoms with Crippen molar-refractivity contribution in [2.75, 3.05) is 6.61 Å². The molecule has 0 aliphatic heterocycles. The van der Waals surface area contributed by atoms with Crippen LogP contribution in [0.2, 0.25) is 0 Å². The lowest BCUT2D eigenvalue weighted by atomic mass is 10.2. The molecule has 1 heterocycles. The summed E-state index contributed by atoms with van der Waals surface area (Å²) in [5.41, 5.74) is 1.85. The van der Waals surface area contributed by atoms with Crippen molar-refractivity contribution in [1.29, 1.82) is 0 Å². The van der Waals surface area contributed by atoms with Crippen molar-refractivity contribution in [2.45, 2.75) is 13.5 Å². The van der Waals surface area contributed by atoms with Crippen molar-refractivity contribution < 1.29 is 18.9 Å². The Hall–Kier alpha value is -3.54. The molecule has 0 aliphatic rings. The van der Waals surface area contributed by atoms with Gasteiger partial charge in [0.1, 0.15) is 6.61 Å². The minimum atomic E-state index is 0.199. The maximum Gasteiger partial charge on any atom is 0.332 e. The molecule has 0 saturated heterocycles. The number of hydrogen-bond donors (Lipinski definition) is 0. The van der Waals surface area contributed by atoms with Crippen LogP contribution in [-0.4, -0.2) is 6.61 Å². The van der Waals surface area contributed by atoms with E-state index in [9.17, 15) is 10.4 Å². The number of aromatic nitrogens is 2. The van der Waals surface area contributed by atoms with Crippen LogP contribution in [0.4, 0.5) is 0 Å². The van der Waals surface area contributed by atoms with Crippen LogP contribution in [0, 0.1) is 10.4 Å². The van der Waals surface area contributed by atoms with Gasteiger partial charge in [-0.3, -0.25) is 0 Å². The lowest BCUT2D eigenvalue weighted by Crippen LogP contribution is -2.39. The summed E-state index contributed by atoms with van der Waals surface area (Å²) >= 11 is 0. The largest absolute Gasteiger partial charge is 0.617 e. The van der Waals surface area contributed by atoms with E-state index >= 15 is 0 Å². The normalized spacial score (nSPS) is 11.0. The number of rotatable bonds is 5. The first-order chi connectivity index (χ1) is 13.2. The van der Waals surface area contributed by atoms with Gasteiger partial charge in [0.25, 0.3) is 11.0 Å². The molecule has 0 aliphatic carbocycles. The number of hydrogen-bond acceptors (Lipinski definition) is 4. The van der Waals surface area contributed by atoms with Crippen LogP contribution >= 0.6 is 0 Å². The van der Waals surface area contributed by atoms with E-state index in [1.54, 1.807) is 36.4 Å². The summed E-state index contributed by atoms with van der Waals surface area (Å²) in [6.07, 6.45) is 0. The van der Waals surface area contributed by atoms with Crippen molar-refractivity contribution in [2.24, 2.45) is 0 Å². The van der Waals surface area contributed by atoms with Crippen LogP contribution in [0.1, 0.15) is 12.5 Å². The molecular weight excluding hydrogens is 344 g/mol. The minimum Gasteiger partial charge on any atom is -0.617 e. The molecule has 4 aromatic rings. The molecule has 0 unspecified atom stereocenters. The zero-order valence-electron chi connectivity index (χ0n) is 14.8. The van der Waals surface area contributed by atoms with Crippen molar-refractivity contribution >= 4 is 22.1 Å². The van der Waals surface area contributed by atoms with E-state index in [0.29, 0.717) is 24.7 Å². The zero-order chi connectivity index (χ0) is 18.8. The Morgan fingerprint density at radius 3 is 1.81 bits per heavy atom. The maximum atomic E-state index is 13.1. The second-order valence-electron chi connectivity index (χ2n) is 6.04. The van der Waals surface area contributed by atoms with Gasteiger partial charge in [0.05, 0.1) is 6.61 Å². The molecule has 3 aromatic carbocycles. The van der Waals surface area contributed by atoms with Crippen LogP contribution in [0.3, 0.4) is 0 Å². The van der Waals surface area contributed by atoms with Crippen LogP contribution in [0.5, 0.6) is 11.5 Å². The number of benzene rings is 3. The maximum absolute atomic E-state index is 13.1. The van der Waals surface area contributed by atoms with Gasteiger partial charge >= 0.3 is 11.0 Å². The molecule has 0 bridgehead atoms. The zero-order valence-corrected chi connectivity index (χ0v) is 14.8. The van der Waals surface area contributed by atoms with Crippen LogP contribution in [0.15, 0.2) is 66.7 Å². The van der Waals surface area contributed by atoms with Gasteiger partial charge in [0.15, 0.2) is 11.5 Å². The monoisotopic (exact) mass is 362 g/mol. The third-order valence-electron chi connectivity index (χ3n) is 4.34. The smallest absolute Gasteiger partial charge is 0.332 e. The van der Waals surface area contributed by atoms with E-state index in [-0.39, 0.29) is 22.1 Å². The molecule has 0 spiro atoms. The molecule has 0 N–H and O–H groups in total. The number of ether oxygens (including phenoxy) is 2. The Balaban J connectivity index is 1.89. The van der Waals surface area contributed by atoms with Gasteiger partial charge in [0.2, 0.25) is 0 Å². The summed E-state index contributed by atoms with van der Waals surface area (Å²) in [7, 11) is 0. The number of nitrogens with zero attached hydrogens (tertiary/aromatic N) is 2. The average molecular weight is 362 g/mol. The third kappa shape index (κ3) is 2.95. The standard InChI is InChI=1S/C21H18N2O4/c1-2-26-18-12-6-10-16-20(18)22(24)17-11-7-13-19(21(17)23(16)25)27-14-15-8-4-3-5-9-15/h3-13H,2,14H2,1H3. The molecule has 6 nitrogen and oxygen atoms in total. The van der Waals surface area contributed by atoms with E-state index < -0.39 is 0 Å². The van der Waals surface area contributed by atoms with Crippen molar-refractivity contribution in [3.63, 3.8) is 0 Å². The van der Waals surface area contributed by atoms with Gasteiger partial charge in [-0.1, -0.05) is 42.5 Å². The molecule has 6 heteroatoms. The highest BCUT2D eigenvalue weighted by Gasteiger charge is 2.27. The highest BCUT2D eigenvalue weighted by molar-refractivity contribution is 5.83. The van der Waals surface area contributed by atoms with Gasteiger partial charge in [-0.05, 0) is 24.6 Å². The molecule has 27 heavy (non-hydrogen) atoms. The fourth-order valence-electron chi connectivity index (χ4n) is 3.12. The predicted molar refractivity (Wildman–Crippen MR) is 101 cm³/mol. The lowest BCUT2D eigenvalue weighted by molar-refractivity contribution is -0.591. The van der Waals surface area contributed by atoms with E-state index in [0.717, 1.165) is 15.0 Å². The first-order valence-electron chi connectivity index (χ1n) is 8.70. The predicted octanol–water partition coefficient (Wildman–Crippen LogP) is 3.24. The summed E-state index contributed by atoms with van der Waals surface area (Å²) in [6.45, 7) is 2.53. The van der Waals surface area contributed by atoms with Gasteiger partial charge < -0.3 is 19.9 Å². The third-order valence-corrected chi connectivity index (χ3v) is 4.34. The molecule has 0 radical (unpaired) electrons. The average Bonchev–Trinajstić information content (AvgIpc) is 2.71. The molecule has 0 fully saturated rings. The van der Waals surface area contributed by atoms with Gasteiger partial charge in [-0.15, -0.1) is 0 Å². The molecule has 0 saturated carbocycles. The van der Waals surface area contributed by atoms with E-state index in [1.165, 1.54) is 0 Å². The van der Waals surface area contributed by atoms with Crippen molar-refractivity contribution in [3.8, 4) is 11.5 Å². The lowest BCUT2D eigenvalue weighted by Gasteiger charge is -2.13. The summed E-state index contributed by atoms with van der Waals surface area (Å²) in [5.74, 6) is 0.742. The van der Waals surface area contributed by atoms with Crippen molar-refractivity contribution in [3.05, 3.63) is 82.7 Å². The van der Waals surface area contributed by atoms with Gasteiger partial charge in [0, 0.05) is 12.1 Å². The summed E-state index contributed by atoms with van der Waals surface area (Å²) in [5, 5.41) is 26.0. The molecule has 4 rings (SSSR count). The topological polar surface area (TPSA) is 72.3 Å². The Bertz CT molecular complexity index is 1110. The van der Waals surface area contributed by atoms with Crippen molar-refractivity contribution in [1.82, 2.24) is 0 Å². The SMILES string of the molecule is CCOc1cccc2c1[n+]([O-])c1cccc(OCc3ccccc3)c1[n+]2[O-]. The van der Waals surface area contributed by atoms with Crippen LogP contribution in [0.25, 0.3) is 22.1 Å². The Morgan fingerprint density at radius 1 is 0.704 bits per heavy atom. The molecule has 1 aromatic heterocycles. The Labute approximate surface area is 156 Å². The Morgan fingerprint density at radius 2 is 1.26 bits per heavy atom. The fourth-order valence-corrected chi connectivity index (χ4v) is 3.12. The van der Waals surface area contributed by atoms with E-state index in [4.69, 9.17) is 9.47 Å². The van der Waals surface area contributed by atoms with Crippen LogP contribution in [-0.2, 0) is 6.61 Å². The highest BCUT2D eigenvalue weighted by Crippen LogP contribution is 2.27. The summed E-state index contributed by atoms with van der Waals surface area (Å²) in [6, 6.07) is 19.6. The van der Waals surface area contributed by atoms with E-state index in [2.05, 4.69) is 0 Å². The second-order valence-corrected chi connectivity index (χ2v) is 6.04. The quantitative estimate of drug-likeness (QED) is 0.310. The van der Waals surface area contributed by atoms with Gasteiger partial charge in [-0.25, -0.2) is 0 Å². The minimum absolute atomic E-state index is 0.199. The summed E-state index contributed by atoms with van der Waals surface area (Å²) in [4.78, 5) is 0. The number of fused-ring (bicyclic) bond motifs is 2. The highest BCUT2D eigenvalue weighted by atomic mass is 16.5. The summed E-state index contributed by atoms with van der Waals surface area (Å²) < 4.78 is 12.9. The molecule has 0 atom stereocenters. The molecule has 136 valence electrons. The fraction of sp³-hybridized carbons (Fsp3) is 0.143. The molecule has 0 amide bonds. The Kier molecular flexibility index (Phi) is 4.38. The van der Waals surface area contributed by atoms with Gasteiger partial charge in [-0.2, -0.15) is 9.46 Å². The van der Waals surface area contributed by atoms with Crippen LogP contribution < -0.4 is 18.9 Å². The first kappa shape index (κ1) is 16.9. The van der Waals surface area contributed by atoms with E-state index in [1.807, 2.05) is 37.3 Å². The number of para-hydroxylation sites is 2. The molecular formula is C21H18N2O4. The first-order valence-corrected chi connectivity index (χ1v) is 8.70.